The fraction of sp³-hybridized carbons (Fsp3) is 0.733. The number of aryl methyl sites for hydroxylation is 1. The normalized spacial score (nSPS) is 20.3. The molecule has 0 saturated carbocycles. The summed E-state index contributed by atoms with van der Waals surface area (Å²) < 4.78 is 38.7. The number of aromatic nitrogens is 2. The molecule has 1 aliphatic rings. The van der Waals surface area contributed by atoms with Gasteiger partial charge in [-0.1, -0.05) is 0 Å². The summed E-state index contributed by atoms with van der Waals surface area (Å²) in [7, 11) is 0. The monoisotopic (exact) mass is 349 g/mol. The number of halogens is 3. The molecule has 1 saturated heterocycles. The van der Waals surface area contributed by atoms with Gasteiger partial charge in [-0.25, -0.2) is 0 Å². The van der Waals surface area contributed by atoms with Gasteiger partial charge in [0.2, 0.25) is 5.91 Å². The van der Waals surface area contributed by atoms with E-state index in [-0.39, 0.29) is 11.9 Å². The van der Waals surface area contributed by atoms with Crippen molar-refractivity contribution in [2.45, 2.75) is 58.3 Å². The predicted molar refractivity (Wildman–Crippen MR) is 84.7 cm³/mol. The first kappa shape index (κ1) is 18.2. The zero-order chi connectivity index (χ0) is 17.2. The third-order valence-electron chi connectivity index (χ3n) is 4.10. The van der Waals surface area contributed by atoms with E-state index in [0.717, 1.165) is 29.0 Å². The molecule has 8 heteroatoms. The standard InChI is InChI=1S/C15H22F3N3OS/c1-9(14(22)19-12-5-4-6-23-7-12)13-10(2)20-21(11(13)3)8-15(16,17)18/h9,12H,4-8H2,1-3H3,(H,19,22)/t9-,12-/m1/s1. The summed E-state index contributed by atoms with van der Waals surface area (Å²) in [5.41, 5.74) is 1.48. The van der Waals surface area contributed by atoms with Crippen LogP contribution in [-0.4, -0.2) is 39.4 Å². The fourth-order valence-electron chi connectivity index (χ4n) is 2.97. The summed E-state index contributed by atoms with van der Waals surface area (Å²) in [5, 5.41) is 6.97. The lowest BCUT2D eigenvalue weighted by Crippen LogP contribution is -2.40. The average molecular weight is 349 g/mol. The number of nitrogens with one attached hydrogen (secondary N) is 1. The second kappa shape index (κ2) is 7.15. The molecule has 4 nitrogen and oxygen atoms in total. The van der Waals surface area contributed by atoms with Crippen LogP contribution in [0.15, 0.2) is 0 Å². The average Bonchev–Trinajstić information content (AvgIpc) is 2.71. The Bertz CT molecular complexity index is 565. The SMILES string of the molecule is Cc1nn(CC(F)(F)F)c(C)c1[C@@H](C)C(=O)N[C@@H]1CCCSC1. The van der Waals surface area contributed by atoms with Crippen LogP contribution in [0.25, 0.3) is 0 Å². The molecular formula is C15H22F3N3OS. The van der Waals surface area contributed by atoms with Gasteiger partial charge in [0.1, 0.15) is 6.54 Å². The summed E-state index contributed by atoms with van der Waals surface area (Å²) in [5.74, 6) is 1.35. The highest BCUT2D eigenvalue weighted by Crippen LogP contribution is 2.27. The lowest BCUT2D eigenvalue weighted by molar-refractivity contribution is -0.143. The van der Waals surface area contributed by atoms with Crippen molar-refractivity contribution in [1.29, 1.82) is 0 Å². The van der Waals surface area contributed by atoms with Crippen molar-refractivity contribution < 1.29 is 18.0 Å². The van der Waals surface area contributed by atoms with Gasteiger partial charge < -0.3 is 5.32 Å². The number of amides is 1. The number of rotatable bonds is 4. The second-order valence-electron chi connectivity index (χ2n) is 6.00. The van der Waals surface area contributed by atoms with Crippen molar-refractivity contribution in [3.63, 3.8) is 0 Å². The maximum Gasteiger partial charge on any atom is 0.408 e. The highest BCUT2D eigenvalue weighted by Gasteiger charge is 2.32. The summed E-state index contributed by atoms with van der Waals surface area (Å²) in [6, 6.07) is 0.148. The van der Waals surface area contributed by atoms with E-state index in [1.165, 1.54) is 0 Å². The van der Waals surface area contributed by atoms with Crippen molar-refractivity contribution in [3.8, 4) is 0 Å². The maximum atomic E-state index is 12.6. The topological polar surface area (TPSA) is 46.9 Å². The summed E-state index contributed by atoms with van der Waals surface area (Å²) >= 11 is 1.81. The smallest absolute Gasteiger partial charge is 0.352 e. The minimum absolute atomic E-state index is 0.143. The molecule has 0 aromatic carbocycles. The summed E-state index contributed by atoms with van der Waals surface area (Å²) in [4.78, 5) is 12.4. The van der Waals surface area contributed by atoms with Gasteiger partial charge in [0, 0.05) is 23.1 Å². The lowest BCUT2D eigenvalue weighted by atomic mass is 9.97. The first-order valence-corrected chi connectivity index (χ1v) is 8.83. The first-order valence-electron chi connectivity index (χ1n) is 7.68. The van der Waals surface area contributed by atoms with Crippen LogP contribution >= 0.6 is 11.8 Å². The highest BCUT2D eigenvalue weighted by atomic mass is 32.2. The Balaban J connectivity index is 2.11. The Morgan fingerprint density at radius 3 is 2.74 bits per heavy atom. The molecule has 2 atom stereocenters. The van der Waals surface area contributed by atoms with E-state index in [1.807, 2.05) is 11.8 Å². The van der Waals surface area contributed by atoms with Crippen LogP contribution in [0.5, 0.6) is 0 Å². The molecule has 23 heavy (non-hydrogen) atoms. The molecule has 1 aromatic heterocycles. The molecule has 1 aliphatic heterocycles. The Hall–Kier alpha value is -1.18. The van der Waals surface area contributed by atoms with Gasteiger partial charge in [-0.15, -0.1) is 0 Å². The Labute approximate surface area is 138 Å². The molecule has 2 heterocycles. The number of thioether (sulfide) groups is 1. The Morgan fingerprint density at radius 2 is 2.17 bits per heavy atom. The van der Waals surface area contributed by atoms with Gasteiger partial charge in [-0.2, -0.15) is 30.0 Å². The number of alkyl halides is 3. The van der Waals surface area contributed by atoms with Crippen LogP contribution < -0.4 is 5.32 Å². The molecule has 1 N–H and O–H groups in total. The van der Waals surface area contributed by atoms with Crippen LogP contribution in [0, 0.1) is 13.8 Å². The molecule has 0 aliphatic carbocycles. The molecular weight excluding hydrogens is 327 g/mol. The van der Waals surface area contributed by atoms with Crippen molar-refractivity contribution in [1.82, 2.24) is 15.1 Å². The number of nitrogens with zero attached hydrogens (tertiary/aromatic N) is 2. The maximum absolute atomic E-state index is 12.6. The molecule has 1 aromatic rings. The zero-order valence-electron chi connectivity index (χ0n) is 13.5. The Morgan fingerprint density at radius 1 is 1.48 bits per heavy atom. The van der Waals surface area contributed by atoms with Gasteiger partial charge >= 0.3 is 6.18 Å². The van der Waals surface area contributed by atoms with Crippen molar-refractivity contribution in [2.75, 3.05) is 11.5 Å². The third kappa shape index (κ3) is 4.65. The minimum atomic E-state index is -4.33. The summed E-state index contributed by atoms with van der Waals surface area (Å²) in [6.45, 7) is 3.82. The third-order valence-corrected chi connectivity index (χ3v) is 5.31. The molecule has 0 unspecified atom stereocenters. The van der Waals surface area contributed by atoms with E-state index in [2.05, 4.69) is 10.4 Å². The van der Waals surface area contributed by atoms with Gasteiger partial charge in [0.25, 0.3) is 0 Å². The molecule has 130 valence electrons. The number of hydrogen-bond donors (Lipinski definition) is 1. The highest BCUT2D eigenvalue weighted by molar-refractivity contribution is 7.99. The number of hydrogen-bond acceptors (Lipinski definition) is 3. The second-order valence-corrected chi connectivity index (χ2v) is 7.15. The van der Waals surface area contributed by atoms with Crippen LogP contribution in [-0.2, 0) is 11.3 Å². The first-order chi connectivity index (χ1) is 10.7. The predicted octanol–water partition coefficient (Wildman–Crippen LogP) is 3.18. The van der Waals surface area contributed by atoms with E-state index in [1.54, 1.807) is 20.8 Å². The van der Waals surface area contributed by atoms with Crippen LogP contribution in [0.3, 0.4) is 0 Å². The van der Waals surface area contributed by atoms with E-state index in [0.29, 0.717) is 17.0 Å². The van der Waals surface area contributed by atoms with Gasteiger partial charge in [0.15, 0.2) is 0 Å². The Kier molecular flexibility index (Phi) is 5.65. The minimum Gasteiger partial charge on any atom is -0.352 e. The van der Waals surface area contributed by atoms with Crippen LogP contribution in [0.1, 0.15) is 42.6 Å². The van der Waals surface area contributed by atoms with Crippen molar-refractivity contribution in [3.05, 3.63) is 17.0 Å². The largest absolute Gasteiger partial charge is 0.408 e. The van der Waals surface area contributed by atoms with E-state index in [4.69, 9.17) is 0 Å². The number of carbonyl (C=O) groups is 1. The van der Waals surface area contributed by atoms with E-state index < -0.39 is 18.6 Å². The molecule has 0 bridgehead atoms. The van der Waals surface area contributed by atoms with Gasteiger partial charge in [0.05, 0.1) is 11.6 Å². The van der Waals surface area contributed by atoms with Gasteiger partial charge in [-0.3, -0.25) is 9.48 Å². The zero-order valence-corrected chi connectivity index (χ0v) is 14.4. The van der Waals surface area contributed by atoms with Crippen molar-refractivity contribution in [2.24, 2.45) is 0 Å². The quantitative estimate of drug-likeness (QED) is 0.908. The van der Waals surface area contributed by atoms with Crippen LogP contribution in [0.2, 0.25) is 0 Å². The lowest BCUT2D eigenvalue weighted by Gasteiger charge is -2.24. The molecule has 0 radical (unpaired) electrons. The molecule has 1 amide bonds. The molecule has 0 spiro atoms. The van der Waals surface area contributed by atoms with E-state index >= 15 is 0 Å². The van der Waals surface area contributed by atoms with Crippen LogP contribution in [0.4, 0.5) is 13.2 Å². The molecule has 2 rings (SSSR count). The number of carbonyl (C=O) groups excluding carboxylic acids is 1. The summed E-state index contributed by atoms with van der Waals surface area (Å²) in [6.07, 6.45) is -2.30. The van der Waals surface area contributed by atoms with Crippen molar-refractivity contribution >= 4 is 17.7 Å². The van der Waals surface area contributed by atoms with Gasteiger partial charge in [-0.05, 0) is 39.4 Å². The van der Waals surface area contributed by atoms with E-state index in [9.17, 15) is 18.0 Å². The fourth-order valence-corrected chi connectivity index (χ4v) is 4.05. The molecule has 1 fully saturated rings.